The molecule has 0 aliphatic heterocycles. The summed E-state index contributed by atoms with van der Waals surface area (Å²) in [5.41, 5.74) is 1.78. The average molecular weight is 442 g/mol. The molecule has 2 amide bonds. The first kappa shape index (κ1) is 21.6. The van der Waals surface area contributed by atoms with Crippen LogP contribution in [0, 0.1) is 0 Å². The van der Waals surface area contributed by atoms with Crippen LogP contribution < -0.4 is 10.6 Å². The topological polar surface area (TPSA) is 119 Å². The molecule has 3 aromatic rings. The van der Waals surface area contributed by atoms with Crippen LogP contribution in [-0.2, 0) is 14.3 Å². The van der Waals surface area contributed by atoms with E-state index in [0.717, 1.165) is 0 Å². The van der Waals surface area contributed by atoms with Crippen molar-refractivity contribution >= 4 is 40.7 Å². The van der Waals surface area contributed by atoms with Gasteiger partial charge in [0.05, 0.1) is 16.8 Å². The molecule has 4 rings (SSSR count). The molecule has 0 saturated heterocycles. The van der Waals surface area contributed by atoms with Crippen molar-refractivity contribution in [2.75, 3.05) is 17.2 Å². The van der Waals surface area contributed by atoms with Crippen molar-refractivity contribution < 1.29 is 28.7 Å². The van der Waals surface area contributed by atoms with Crippen molar-refractivity contribution in [3.63, 3.8) is 0 Å². The van der Waals surface area contributed by atoms with Gasteiger partial charge in [0.25, 0.3) is 5.91 Å². The Bertz CT molecular complexity index is 1310. The third-order valence-electron chi connectivity index (χ3n) is 5.00. The summed E-state index contributed by atoms with van der Waals surface area (Å²) in [5, 5.41) is 5.13. The number of carbonyl (C=O) groups excluding carboxylic acids is 5. The Kier molecular flexibility index (Phi) is 5.82. The van der Waals surface area contributed by atoms with Crippen LogP contribution in [0.15, 0.2) is 66.7 Å². The molecule has 1 aliphatic rings. The molecule has 0 heterocycles. The first-order valence-corrected chi connectivity index (χ1v) is 10.0. The summed E-state index contributed by atoms with van der Waals surface area (Å²) in [5.74, 6) is -2.30. The second kappa shape index (κ2) is 8.88. The zero-order chi connectivity index (χ0) is 23.5. The summed E-state index contributed by atoms with van der Waals surface area (Å²) in [4.78, 5) is 61.5. The number of hydrogen-bond donors (Lipinski definition) is 2. The van der Waals surface area contributed by atoms with Gasteiger partial charge in [0.2, 0.25) is 5.91 Å². The Balaban J connectivity index is 1.45. The van der Waals surface area contributed by atoms with E-state index in [-0.39, 0.29) is 45.4 Å². The maximum atomic E-state index is 13.0. The maximum Gasteiger partial charge on any atom is 0.338 e. The molecule has 0 unspecified atom stereocenters. The number of nitrogens with one attached hydrogen (secondary N) is 2. The minimum absolute atomic E-state index is 0.106. The van der Waals surface area contributed by atoms with Gasteiger partial charge in [0.1, 0.15) is 0 Å². The highest BCUT2D eigenvalue weighted by atomic mass is 16.5. The van der Waals surface area contributed by atoms with Crippen molar-refractivity contribution in [1.82, 2.24) is 0 Å². The lowest BCUT2D eigenvalue weighted by atomic mass is 9.83. The summed E-state index contributed by atoms with van der Waals surface area (Å²) in [7, 11) is 0. The van der Waals surface area contributed by atoms with Crippen LogP contribution in [0.3, 0.4) is 0 Å². The van der Waals surface area contributed by atoms with Crippen LogP contribution in [0.5, 0.6) is 0 Å². The highest BCUT2D eigenvalue weighted by molar-refractivity contribution is 6.30. The standard InChI is InChI=1S/C25H18N2O6/c1-14(28)26-16-11-9-15(10-12-16)25(32)33-13-21(29)27-20-8-4-7-19-22(20)24(31)18-6-3-2-5-17(18)23(19)30/h2-12H,13H2,1H3,(H,26,28)(H,27,29). The van der Waals surface area contributed by atoms with E-state index >= 15 is 0 Å². The highest BCUT2D eigenvalue weighted by Crippen LogP contribution is 2.31. The predicted octanol–water partition coefficient (Wildman–Crippen LogP) is 3.22. The Labute approximate surface area is 188 Å². The minimum atomic E-state index is -0.727. The second-order valence-electron chi connectivity index (χ2n) is 7.31. The van der Waals surface area contributed by atoms with Crippen molar-refractivity contribution in [3.8, 4) is 0 Å². The van der Waals surface area contributed by atoms with E-state index in [1.165, 1.54) is 43.3 Å². The predicted molar refractivity (Wildman–Crippen MR) is 119 cm³/mol. The van der Waals surface area contributed by atoms with E-state index in [9.17, 15) is 24.0 Å². The van der Waals surface area contributed by atoms with Gasteiger partial charge in [-0.15, -0.1) is 0 Å². The summed E-state index contributed by atoms with van der Waals surface area (Å²) in [6.07, 6.45) is 0. The number of amides is 2. The number of anilines is 2. The number of carbonyl (C=O) groups is 5. The third-order valence-corrected chi connectivity index (χ3v) is 5.00. The number of esters is 1. The molecule has 0 fully saturated rings. The fourth-order valence-corrected chi connectivity index (χ4v) is 3.54. The monoisotopic (exact) mass is 442 g/mol. The van der Waals surface area contributed by atoms with Gasteiger partial charge in [0, 0.05) is 29.3 Å². The number of hydrogen-bond acceptors (Lipinski definition) is 6. The lowest BCUT2D eigenvalue weighted by molar-refractivity contribution is -0.119. The molecule has 0 bridgehead atoms. The Morgan fingerprint density at radius 1 is 0.758 bits per heavy atom. The maximum absolute atomic E-state index is 13.0. The third kappa shape index (κ3) is 4.40. The van der Waals surface area contributed by atoms with E-state index in [1.807, 2.05) is 0 Å². The summed E-state index contributed by atoms with van der Waals surface area (Å²) >= 11 is 0. The lowest BCUT2D eigenvalue weighted by Gasteiger charge is -2.20. The van der Waals surface area contributed by atoms with Crippen LogP contribution in [-0.4, -0.2) is 36.0 Å². The molecule has 1 aliphatic carbocycles. The smallest absolute Gasteiger partial charge is 0.338 e. The zero-order valence-electron chi connectivity index (χ0n) is 17.5. The molecular formula is C25H18N2O6. The average Bonchev–Trinajstić information content (AvgIpc) is 2.81. The van der Waals surface area contributed by atoms with Gasteiger partial charge >= 0.3 is 5.97 Å². The molecule has 0 spiro atoms. The molecule has 33 heavy (non-hydrogen) atoms. The molecule has 8 nitrogen and oxygen atoms in total. The van der Waals surface area contributed by atoms with Gasteiger partial charge in [-0.25, -0.2) is 4.79 Å². The molecule has 0 radical (unpaired) electrons. The van der Waals surface area contributed by atoms with Crippen molar-refractivity contribution in [3.05, 3.63) is 94.5 Å². The molecule has 0 atom stereocenters. The summed E-state index contributed by atoms with van der Waals surface area (Å²) in [6, 6.07) is 17.1. The Morgan fingerprint density at radius 2 is 1.39 bits per heavy atom. The SMILES string of the molecule is CC(=O)Nc1ccc(C(=O)OCC(=O)Nc2cccc3c2C(=O)c2ccccc2C3=O)cc1. The molecule has 3 aromatic carbocycles. The summed E-state index contributed by atoms with van der Waals surface area (Å²) < 4.78 is 5.04. The quantitative estimate of drug-likeness (QED) is 0.458. The fourth-order valence-electron chi connectivity index (χ4n) is 3.54. The van der Waals surface area contributed by atoms with Crippen LogP contribution in [0.2, 0.25) is 0 Å². The van der Waals surface area contributed by atoms with E-state index in [1.54, 1.807) is 30.3 Å². The van der Waals surface area contributed by atoms with Crippen LogP contribution >= 0.6 is 0 Å². The molecule has 2 N–H and O–H groups in total. The van der Waals surface area contributed by atoms with Gasteiger partial charge in [-0.2, -0.15) is 0 Å². The highest BCUT2D eigenvalue weighted by Gasteiger charge is 2.31. The van der Waals surface area contributed by atoms with E-state index in [2.05, 4.69) is 10.6 Å². The van der Waals surface area contributed by atoms with Gasteiger partial charge in [-0.3, -0.25) is 19.2 Å². The normalized spacial score (nSPS) is 11.8. The first-order chi connectivity index (χ1) is 15.8. The molecule has 0 aromatic heterocycles. The van der Waals surface area contributed by atoms with Gasteiger partial charge < -0.3 is 15.4 Å². The molecule has 164 valence electrons. The zero-order valence-corrected chi connectivity index (χ0v) is 17.5. The van der Waals surface area contributed by atoms with E-state index in [4.69, 9.17) is 4.74 Å². The Hall–Kier alpha value is -4.59. The number of ketones is 2. The fraction of sp³-hybridized carbons (Fsp3) is 0.0800. The first-order valence-electron chi connectivity index (χ1n) is 10.0. The second-order valence-corrected chi connectivity index (χ2v) is 7.31. The Morgan fingerprint density at radius 3 is 2.06 bits per heavy atom. The van der Waals surface area contributed by atoms with Crippen LogP contribution in [0.25, 0.3) is 0 Å². The minimum Gasteiger partial charge on any atom is -0.452 e. The molecule has 0 saturated carbocycles. The number of ether oxygens (including phenoxy) is 1. The van der Waals surface area contributed by atoms with E-state index < -0.39 is 18.5 Å². The van der Waals surface area contributed by atoms with Gasteiger partial charge in [-0.1, -0.05) is 36.4 Å². The summed E-state index contributed by atoms with van der Waals surface area (Å²) in [6.45, 7) is 0.779. The van der Waals surface area contributed by atoms with Crippen LogP contribution in [0.4, 0.5) is 11.4 Å². The number of fused-ring (bicyclic) bond motifs is 2. The molecular weight excluding hydrogens is 424 g/mol. The number of rotatable bonds is 5. The van der Waals surface area contributed by atoms with Crippen LogP contribution in [0.1, 0.15) is 49.1 Å². The lowest BCUT2D eigenvalue weighted by Crippen LogP contribution is -2.26. The number of benzene rings is 3. The molecule has 8 heteroatoms. The van der Waals surface area contributed by atoms with E-state index in [0.29, 0.717) is 11.3 Å². The van der Waals surface area contributed by atoms with Crippen molar-refractivity contribution in [2.24, 2.45) is 0 Å². The van der Waals surface area contributed by atoms with Gasteiger partial charge in [0.15, 0.2) is 18.2 Å². The van der Waals surface area contributed by atoms with Gasteiger partial charge in [-0.05, 0) is 30.3 Å². The van der Waals surface area contributed by atoms with Crippen molar-refractivity contribution in [2.45, 2.75) is 6.92 Å². The largest absolute Gasteiger partial charge is 0.452 e. The van der Waals surface area contributed by atoms with Crippen molar-refractivity contribution in [1.29, 1.82) is 0 Å².